The SMILES string of the molecule is CCC(C)c1ccc(-c2cccc3[cH-]c(C)cc23)cc1.CCCC(C)c1cc2c(-c3ccc(C(C)C)cc3)cccc2[cH-]1.Cl.Cl.[CH3-].[CH3-].[Si]=[Zr]. The molecule has 0 aromatic heterocycles. The summed E-state index contributed by atoms with van der Waals surface area (Å²) < 4.78 is 0. The van der Waals surface area contributed by atoms with E-state index in [4.69, 9.17) is 0 Å². The average molecular weight is 787 g/mol. The molecule has 0 N–H and O–H groups in total. The zero-order valence-corrected chi connectivity index (χ0v) is 36.2. The van der Waals surface area contributed by atoms with Gasteiger partial charge in [-0.05, 0) is 52.8 Å². The van der Waals surface area contributed by atoms with Crippen LogP contribution in [0.5, 0.6) is 0 Å². The molecule has 0 aliphatic rings. The van der Waals surface area contributed by atoms with E-state index in [0.717, 1.165) is 0 Å². The van der Waals surface area contributed by atoms with E-state index in [1.165, 1.54) is 109 Å². The summed E-state index contributed by atoms with van der Waals surface area (Å²) in [6.45, 7) is 18.9. The van der Waals surface area contributed by atoms with E-state index < -0.39 is 0 Å². The van der Waals surface area contributed by atoms with E-state index in [2.05, 4.69) is 165 Å². The van der Waals surface area contributed by atoms with Crippen LogP contribution in [-0.2, 0) is 23.3 Å². The van der Waals surface area contributed by atoms with Gasteiger partial charge in [-0.3, -0.25) is 0 Å². The van der Waals surface area contributed by atoms with Gasteiger partial charge in [0.05, 0.1) is 0 Å². The van der Waals surface area contributed by atoms with Crippen molar-refractivity contribution in [1.82, 2.24) is 0 Å². The molecule has 0 amide bonds. The predicted octanol–water partition coefficient (Wildman–Crippen LogP) is 14.7. The van der Waals surface area contributed by atoms with Crippen LogP contribution in [0.3, 0.4) is 0 Å². The summed E-state index contributed by atoms with van der Waals surface area (Å²) in [6.07, 6.45) is 3.69. The molecule has 4 heteroatoms. The van der Waals surface area contributed by atoms with Crippen LogP contribution in [0.1, 0.15) is 101 Å². The van der Waals surface area contributed by atoms with Crippen LogP contribution >= 0.6 is 24.8 Å². The summed E-state index contributed by atoms with van der Waals surface area (Å²) in [5.74, 6) is 1.87. The van der Waals surface area contributed by atoms with E-state index in [0.29, 0.717) is 17.8 Å². The first-order chi connectivity index (χ1) is 21.8. The first-order valence-electron chi connectivity index (χ1n) is 16.6. The Morgan fingerprint density at radius 1 is 0.612 bits per heavy atom. The minimum atomic E-state index is 0. The third-order valence-electron chi connectivity index (χ3n) is 9.25. The first-order valence-corrected chi connectivity index (χ1v) is 20.8. The predicted molar refractivity (Wildman–Crippen MR) is 224 cm³/mol. The van der Waals surface area contributed by atoms with Crippen molar-refractivity contribution in [2.24, 2.45) is 0 Å². The third-order valence-corrected chi connectivity index (χ3v) is 9.25. The Morgan fingerprint density at radius 3 is 1.55 bits per heavy atom. The van der Waals surface area contributed by atoms with Gasteiger partial charge in [-0.15, -0.1) is 93.9 Å². The fourth-order valence-electron chi connectivity index (χ4n) is 6.30. The molecule has 262 valence electrons. The Balaban J connectivity index is 0.000000836. The van der Waals surface area contributed by atoms with Gasteiger partial charge in [-0.2, -0.15) is 12.1 Å². The van der Waals surface area contributed by atoms with Crippen LogP contribution in [0.15, 0.2) is 109 Å². The molecule has 2 unspecified atom stereocenters. The molecule has 6 rings (SSSR count). The fraction of sp³-hybridized carbons (Fsp3) is 0.289. The van der Waals surface area contributed by atoms with Crippen molar-refractivity contribution < 1.29 is 23.3 Å². The summed E-state index contributed by atoms with van der Waals surface area (Å²) in [7, 11) is 0. The molecular formula is C45H56Cl2SiZr-4. The Hall–Kier alpha value is -2.22. The van der Waals surface area contributed by atoms with Gasteiger partial charge >= 0.3 is 30.2 Å². The normalized spacial score (nSPS) is 11.3. The zero-order valence-electron chi connectivity index (χ0n) is 31.1. The average Bonchev–Trinajstić information content (AvgIpc) is 3.69. The van der Waals surface area contributed by atoms with Crippen molar-refractivity contribution in [3.63, 3.8) is 0 Å². The Labute approximate surface area is 328 Å². The molecule has 0 aliphatic carbocycles. The summed E-state index contributed by atoms with van der Waals surface area (Å²) in [6, 6.07) is 40.7. The van der Waals surface area contributed by atoms with Gasteiger partial charge in [0, 0.05) is 0 Å². The second-order valence-electron chi connectivity index (χ2n) is 12.8. The molecule has 0 aliphatic heterocycles. The first kappa shape index (κ1) is 46.8. The Kier molecular flexibility index (Phi) is 21.5. The molecule has 0 bridgehead atoms. The van der Waals surface area contributed by atoms with Gasteiger partial charge in [0.2, 0.25) is 0 Å². The van der Waals surface area contributed by atoms with E-state index in [9.17, 15) is 0 Å². The van der Waals surface area contributed by atoms with Crippen LogP contribution in [0.25, 0.3) is 43.8 Å². The van der Waals surface area contributed by atoms with E-state index in [1.54, 1.807) is 0 Å². The van der Waals surface area contributed by atoms with Crippen molar-refractivity contribution in [3.05, 3.63) is 146 Å². The number of hydrogen-bond acceptors (Lipinski definition) is 0. The van der Waals surface area contributed by atoms with E-state index in [1.807, 2.05) is 0 Å². The van der Waals surface area contributed by atoms with Gasteiger partial charge in [0.25, 0.3) is 0 Å². The van der Waals surface area contributed by atoms with Crippen molar-refractivity contribution in [2.45, 2.75) is 85.5 Å². The standard InChI is InChI=1S/C23H27.C20H21.2CH3.2ClH.Si.Zr/c1-5-7-17(4)21-14-20-8-6-9-22(23(20)15-21)19-12-10-18(11-13-19)16(2)3;1-4-15(3)16-8-10-17(11-9-16)19-7-5-6-18-12-14(2)13-20(18)19;;;;;;/h6,8-17H,5,7H2,1-4H3;5-13,15H,4H2,1-3H3;2*1H3;2*1H;;/q4*-1;;;;. The summed E-state index contributed by atoms with van der Waals surface area (Å²) in [4.78, 5) is 0. The molecule has 2 atom stereocenters. The van der Waals surface area contributed by atoms with Gasteiger partial charge in [-0.25, -0.2) is 0 Å². The monoisotopic (exact) mass is 784 g/mol. The minimum absolute atomic E-state index is 0. The van der Waals surface area contributed by atoms with Crippen molar-refractivity contribution in [3.8, 4) is 22.3 Å². The molecule has 0 saturated heterocycles. The molecule has 6 aromatic carbocycles. The van der Waals surface area contributed by atoms with Crippen LogP contribution in [0, 0.1) is 21.8 Å². The Morgan fingerprint density at radius 2 is 1.08 bits per heavy atom. The van der Waals surface area contributed by atoms with Crippen LogP contribution < -0.4 is 0 Å². The molecular weight excluding hydrogens is 731 g/mol. The van der Waals surface area contributed by atoms with Crippen molar-refractivity contribution >= 4 is 53.2 Å². The van der Waals surface area contributed by atoms with Gasteiger partial charge < -0.3 is 14.9 Å². The summed E-state index contributed by atoms with van der Waals surface area (Å²) in [5.41, 5.74) is 11.0. The van der Waals surface area contributed by atoms with Crippen molar-refractivity contribution in [2.75, 3.05) is 0 Å². The van der Waals surface area contributed by atoms with Gasteiger partial charge in [0.1, 0.15) is 0 Å². The van der Waals surface area contributed by atoms with Crippen LogP contribution in [-0.4, -0.2) is 6.88 Å². The van der Waals surface area contributed by atoms with Crippen LogP contribution in [0.4, 0.5) is 0 Å². The molecule has 0 spiro atoms. The Bertz CT molecular complexity index is 1790. The topological polar surface area (TPSA) is 0 Å². The maximum atomic E-state index is 3.06. The summed E-state index contributed by atoms with van der Waals surface area (Å²) in [5, 5.41) is 5.46. The molecule has 0 nitrogen and oxygen atoms in total. The van der Waals surface area contributed by atoms with Gasteiger partial charge in [0.15, 0.2) is 0 Å². The fourth-order valence-corrected chi connectivity index (χ4v) is 6.30. The summed E-state index contributed by atoms with van der Waals surface area (Å²) >= 11 is 1.36. The second-order valence-corrected chi connectivity index (χ2v) is 12.8. The second kappa shape index (κ2) is 22.6. The quantitative estimate of drug-likeness (QED) is 0.106. The zero-order chi connectivity index (χ0) is 32.5. The van der Waals surface area contributed by atoms with Crippen LogP contribution in [0.2, 0.25) is 0 Å². The van der Waals surface area contributed by atoms with Crippen molar-refractivity contribution in [1.29, 1.82) is 0 Å². The number of benzene rings is 4. The number of hydrogen-bond donors (Lipinski definition) is 0. The number of fused-ring (bicyclic) bond motifs is 2. The number of halogens is 2. The maximum absolute atomic E-state index is 3.06. The molecule has 49 heavy (non-hydrogen) atoms. The number of aryl methyl sites for hydroxylation is 1. The molecule has 0 saturated carbocycles. The molecule has 0 fully saturated rings. The molecule has 6 aromatic rings. The van der Waals surface area contributed by atoms with E-state index in [-0.39, 0.29) is 39.7 Å². The van der Waals surface area contributed by atoms with E-state index >= 15 is 0 Å². The van der Waals surface area contributed by atoms with Gasteiger partial charge in [-0.1, -0.05) is 127 Å². The number of rotatable bonds is 8. The molecule has 0 heterocycles. The third kappa shape index (κ3) is 11.7. The molecule has 2 radical (unpaired) electrons.